The molecule has 3 atom stereocenters. The lowest BCUT2D eigenvalue weighted by Crippen LogP contribution is -2.36. The molecule has 1 aliphatic rings. The predicted molar refractivity (Wildman–Crippen MR) is 127 cm³/mol. The van der Waals surface area contributed by atoms with Gasteiger partial charge in [-0.1, -0.05) is 57.0 Å². The first kappa shape index (κ1) is 24.8. The van der Waals surface area contributed by atoms with Crippen molar-refractivity contribution in [3.63, 3.8) is 0 Å². The number of carbonyl (C=O) groups excluding carboxylic acids is 3. The minimum absolute atomic E-state index is 0.0722. The highest BCUT2D eigenvalue weighted by molar-refractivity contribution is 6.30. The molecule has 176 valence electrons. The Kier molecular flexibility index (Phi) is 8.50. The molecule has 1 fully saturated rings. The summed E-state index contributed by atoms with van der Waals surface area (Å²) in [5.74, 6) is -0.650. The molecule has 0 unspecified atom stereocenters. The molecule has 2 aromatic rings. The second-order valence-corrected chi connectivity index (χ2v) is 9.39. The van der Waals surface area contributed by atoms with Gasteiger partial charge in [0.05, 0.1) is 11.1 Å². The maximum atomic E-state index is 13.0. The quantitative estimate of drug-likeness (QED) is 0.519. The number of anilines is 1. The van der Waals surface area contributed by atoms with Crippen molar-refractivity contribution in [2.24, 2.45) is 17.8 Å². The monoisotopic (exact) mass is 471 g/mol. The summed E-state index contributed by atoms with van der Waals surface area (Å²) in [6.07, 6.45) is 2.76. The number of hydrogen-bond donors (Lipinski definition) is 1. The molecule has 1 N–H and O–H groups in total. The van der Waals surface area contributed by atoms with Crippen molar-refractivity contribution >= 4 is 35.1 Å². The first-order valence-electron chi connectivity index (χ1n) is 11.3. The fraction of sp³-hybridized carbons (Fsp3) is 0.423. The van der Waals surface area contributed by atoms with E-state index in [-0.39, 0.29) is 17.2 Å². The summed E-state index contributed by atoms with van der Waals surface area (Å²) in [6, 6.07) is 13.0. The number of benzene rings is 2. The molecule has 0 heterocycles. The number of nitrogens with one attached hydrogen (secondary N) is 1. The lowest BCUT2D eigenvalue weighted by Gasteiger charge is -2.36. The number of rotatable bonds is 7. The molecule has 0 saturated heterocycles. The van der Waals surface area contributed by atoms with Crippen LogP contribution in [0.1, 0.15) is 60.7 Å². The Labute approximate surface area is 199 Å². The zero-order valence-electron chi connectivity index (χ0n) is 19.2. The van der Waals surface area contributed by atoms with Crippen LogP contribution in [0.2, 0.25) is 5.02 Å². The molecule has 1 aliphatic carbocycles. The molecule has 0 aliphatic heterocycles. The first-order chi connectivity index (χ1) is 15.7. The van der Waals surface area contributed by atoms with Crippen molar-refractivity contribution in [1.29, 1.82) is 0 Å². The van der Waals surface area contributed by atoms with Gasteiger partial charge < -0.3 is 14.8 Å². The fourth-order valence-electron chi connectivity index (χ4n) is 4.26. The van der Waals surface area contributed by atoms with Crippen molar-refractivity contribution in [2.75, 3.05) is 11.9 Å². The van der Waals surface area contributed by atoms with Crippen LogP contribution in [0.5, 0.6) is 0 Å². The Hall–Kier alpha value is -2.86. The van der Waals surface area contributed by atoms with E-state index < -0.39 is 24.5 Å². The number of esters is 2. The van der Waals surface area contributed by atoms with E-state index in [2.05, 4.69) is 26.1 Å². The molecule has 6 nitrogen and oxygen atoms in total. The summed E-state index contributed by atoms with van der Waals surface area (Å²) in [6.45, 7) is 5.95. The highest BCUT2D eigenvalue weighted by Gasteiger charge is 2.34. The largest absolute Gasteiger partial charge is 0.458 e. The van der Waals surface area contributed by atoms with Crippen LogP contribution in [0, 0.1) is 17.8 Å². The Morgan fingerprint density at radius 2 is 1.73 bits per heavy atom. The van der Waals surface area contributed by atoms with E-state index in [1.54, 1.807) is 42.5 Å². The Bertz CT molecular complexity index is 1010. The molecule has 1 amide bonds. The van der Waals surface area contributed by atoms with E-state index in [1.165, 1.54) is 6.07 Å². The highest BCUT2D eigenvalue weighted by Crippen LogP contribution is 2.35. The molecule has 33 heavy (non-hydrogen) atoms. The van der Waals surface area contributed by atoms with Gasteiger partial charge in [0.15, 0.2) is 6.61 Å². The van der Waals surface area contributed by atoms with E-state index in [9.17, 15) is 14.4 Å². The second-order valence-electron chi connectivity index (χ2n) is 8.95. The maximum Gasteiger partial charge on any atom is 0.339 e. The van der Waals surface area contributed by atoms with Crippen molar-refractivity contribution in [1.82, 2.24) is 0 Å². The Morgan fingerprint density at radius 3 is 2.39 bits per heavy atom. The third kappa shape index (κ3) is 6.81. The molecule has 0 bridgehead atoms. The third-order valence-electron chi connectivity index (χ3n) is 6.03. The van der Waals surface area contributed by atoms with Gasteiger partial charge in [-0.25, -0.2) is 9.59 Å². The van der Waals surface area contributed by atoms with Gasteiger partial charge in [0.25, 0.3) is 5.91 Å². The van der Waals surface area contributed by atoms with Gasteiger partial charge in [-0.3, -0.25) is 4.79 Å². The van der Waals surface area contributed by atoms with Crippen molar-refractivity contribution < 1.29 is 23.9 Å². The van der Waals surface area contributed by atoms with Crippen LogP contribution in [0.25, 0.3) is 0 Å². The van der Waals surface area contributed by atoms with E-state index >= 15 is 0 Å². The van der Waals surface area contributed by atoms with Crippen molar-refractivity contribution in [3.05, 3.63) is 64.7 Å². The SMILES string of the molecule is CC(C)[C@H]1CC[C@@H](C)C[C@@H]1OC(=O)c1ccccc1C(=O)OCC(=O)Nc1cccc(Cl)c1. The number of amides is 1. The van der Waals surface area contributed by atoms with Crippen LogP contribution in [0.4, 0.5) is 5.69 Å². The summed E-state index contributed by atoms with van der Waals surface area (Å²) < 4.78 is 11.0. The second kappa shape index (κ2) is 11.3. The minimum Gasteiger partial charge on any atom is -0.458 e. The van der Waals surface area contributed by atoms with Crippen molar-refractivity contribution in [2.45, 2.75) is 46.1 Å². The standard InChI is InChI=1S/C26H30ClNO5/c1-16(2)20-12-11-17(3)13-23(20)33-26(31)22-10-5-4-9-21(22)25(30)32-15-24(29)28-19-8-6-7-18(27)14-19/h4-10,14,16-17,20,23H,11-13,15H2,1-3H3,(H,28,29)/t17-,20-,23+/m1/s1. The van der Waals surface area contributed by atoms with Crippen LogP contribution < -0.4 is 5.32 Å². The van der Waals surface area contributed by atoms with Gasteiger partial charge >= 0.3 is 11.9 Å². The molecule has 1 saturated carbocycles. The average Bonchev–Trinajstić information content (AvgIpc) is 2.77. The van der Waals surface area contributed by atoms with Gasteiger partial charge in [0.2, 0.25) is 0 Å². The molecule has 0 aromatic heterocycles. The molecule has 3 rings (SSSR count). The molecular weight excluding hydrogens is 442 g/mol. The number of halogens is 1. The lowest BCUT2D eigenvalue weighted by atomic mass is 9.75. The fourth-order valence-corrected chi connectivity index (χ4v) is 4.45. The lowest BCUT2D eigenvalue weighted by molar-refractivity contribution is -0.119. The predicted octanol–water partition coefficient (Wildman–Crippen LogP) is 5.75. The van der Waals surface area contributed by atoms with Gasteiger partial charge in [0.1, 0.15) is 6.10 Å². The minimum atomic E-state index is -0.763. The van der Waals surface area contributed by atoms with Crippen LogP contribution in [-0.2, 0) is 14.3 Å². The van der Waals surface area contributed by atoms with Crippen LogP contribution in [0.3, 0.4) is 0 Å². The Morgan fingerprint density at radius 1 is 1.03 bits per heavy atom. The van der Waals surface area contributed by atoms with Gasteiger partial charge in [-0.2, -0.15) is 0 Å². The van der Waals surface area contributed by atoms with Crippen LogP contribution in [-0.4, -0.2) is 30.6 Å². The summed E-state index contributed by atoms with van der Waals surface area (Å²) in [4.78, 5) is 37.8. The number of ether oxygens (including phenoxy) is 2. The Balaban J connectivity index is 1.64. The highest BCUT2D eigenvalue weighted by atomic mass is 35.5. The third-order valence-corrected chi connectivity index (χ3v) is 6.26. The van der Waals surface area contributed by atoms with Gasteiger partial charge in [-0.05, 0) is 60.9 Å². The topological polar surface area (TPSA) is 81.7 Å². The van der Waals surface area contributed by atoms with E-state index in [4.69, 9.17) is 21.1 Å². The average molecular weight is 472 g/mol. The summed E-state index contributed by atoms with van der Waals surface area (Å²) in [5, 5.41) is 3.08. The first-order valence-corrected chi connectivity index (χ1v) is 11.6. The summed E-state index contributed by atoms with van der Waals surface area (Å²) in [7, 11) is 0. The van der Waals surface area contributed by atoms with Gasteiger partial charge in [0, 0.05) is 10.7 Å². The molecule has 2 aromatic carbocycles. The van der Waals surface area contributed by atoms with E-state index in [0.29, 0.717) is 28.5 Å². The molecule has 0 spiro atoms. The molecule has 7 heteroatoms. The zero-order chi connectivity index (χ0) is 24.0. The number of carbonyl (C=O) groups is 3. The van der Waals surface area contributed by atoms with Crippen molar-refractivity contribution in [3.8, 4) is 0 Å². The zero-order valence-corrected chi connectivity index (χ0v) is 19.9. The number of hydrogen-bond acceptors (Lipinski definition) is 5. The normalized spacial score (nSPS) is 20.2. The van der Waals surface area contributed by atoms with Crippen LogP contribution in [0.15, 0.2) is 48.5 Å². The summed E-state index contributed by atoms with van der Waals surface area (Å²) >= 11 is 5.91. The molecule has 0 radical (unpaired) electrons. The molecular formula is C26H30ClNO5. The van der Waals surface area contributed by atoms with Gasteiger partial charge in [-0.15, -0.1) is 0 Å². The van der Waals surface area contributed by atoms with E-state index in [1.807, 2.05) is 0 Å². The smallest absolute Gasteiger partial charge is 0.339 e. The van der Waals surface area contributed by atoms with Crippen LogP contribution >= 0.6 is 11.6 Å². The van der Waals surface area contributed by atoms with E-state index in [0.717, 1.165) is 19.3 Å². The summed E-state index contributed by atoms with van der Waals surface area (Å²) in [5.41, 5.74) is 0.704. The maximum absolute atomic E-state index is 13.0.